The minimum Gasteiger partial charge on any atom is -0.489 e. The van der Waals surface area contributed by atoms with Gasteiger partial charge in [0, 0.05) is 24.1 Å². The highest BCUT2D eigenvalue weighted by molar-refractivity contribution is 9.10. The first-order chi connectivity index (χ1) is 12.9. The van der Waals surface area contributed by atoms with Crippen LogP contribution < -0.4 is 4.74 Å². The van der Waals surface area contributed by atoms with Crippen LogP contribution in [0.5, 0.6) is 5.75 Å². The molecule has 0 N–H and O–H groups in total. The van der Waals surface area contributed by atoms with Crippen LogP contribution in [0.4, 0.5) is 0 Å². The fraction of sp³-hybridized carbons (Fsp3) is 0.200. The second-order valence-electron chi connectivity index (χ2n) is 6.17. The van der Waals surface area contributed by atoms with Gasteiger partial charge in [-0.2, -0.15) is 5.10 Å². The van der Waals surface area contributed by atoms with Gasteiger partial charge < -0.3 is 9.64 Å². The van der Waals surface area contributed by atoms with Crippen molar-refractivity contribution in [2.24, 2.45) is 7.05 Å². The number of hydrogen-bond donors (Lipinski definition) is 0. The van der Waals surface area contributed by atoms with Gasteiger partial charge in [-0.15, -0.1) is 0 Å². The Bertz CT molecular complexity index is 938. The summed E-state index contributed by atoms with van der Waals surface area (Å²) in [4.78, 5) is 14.4. The average Bonchev–Trinajstić information content (AvgIpc) is 2.98. The molecule has 140 valence electrons. The second-order valence-corrected chi connectivity index (χ2v) is 7.49. The van der Waals surface area contributed by atoms with E-state index in [0.29, 0.717) is 23.7 Å². The standard InChI is InChI=1S/C20H19BrClN3O2/c1-24(12-19-18(22)11-23-25(19)2)20(26)15-6-3-5-14(9-15)13-27-17-8-4-7-16(21)10-17/h3-11H,12-13H2,1-2H3. The summed E-state index contributed by atoms with van der Waals surface area (Å²) >= 11 is 9.56. The van der Waals surface area contributed by atoms with Gasteiger partial charge in [-0.3, -0.25) is 9.48 Å². The molecule has 0 bridgehead atoms. The van der Waals surface area contributed by atoms with Crippen molar-refractivity contribution in [3.63, 3.8) is 0 Å². The van der Waals surface area contributed by atoms with Crippen molar-refractivity contribution >= 4 is 33.4 Å². The van der Waals surface area contributed by atoms with E-state index in [0.717, 1.165) is 21.5 Å². The van der Waals surface area contributed by atoms with Gasteiger partial charge in [-0.1, -0.05) is 45.7 Å². The Morgan fingerprint density at radius 3 is 2.74 bits per heavy atom. The number of aromatic nitrogens is 2. The van der Waals surface area contributed by atoms with Gasteiger partial charge in [0.15, 0.2) is 0 Å². The number of carbonyl (C=O) groups excluding carboxylic acids is 1. The fourth-order valence-electron chi connectivity index (χ4n) is 2.65. The Kier molecular flexibility index (Phi) is 6.19. The highest BCUT2D eigenvalue weighted by Gasteiger charge is 2.16. The number of rotatable bonds is 6. The lowest BCUT2D eigenvalue weighted by molar-refractivity contribution is 0.0782. The molecule has 7 heteroatoms. The Hall–Kier alpha value is -2.31. The topological polar surface area (TPSA) is 47.4 Å². The monoisotopic (exact) mass is 447 g/mol. The minimum atomic E-state index is -0.0865. The van der Waals surface area contributed by atoms with Crippen LogP contribution in [0.1, 0.15) is 21.6 Å². The number of nitrogens with zero attached hydrogens (tertiary/aromatic N) is 3. The van der Waals surface area contributed by atoms with Gasteiger partial charge in [0.05, 0.1) is 23.5 Å². The molecule has 0 atom stereocenters. The van der Waals surface area contributed by atoms with Crippen LogP contribution in [0.25, 0.3) is 0 Å². The molecule has 0 radical (unpaired) electrons. The lowest BCUT2D eigenvalue weighted by Crippen LogP contribution is -2.27. The molecule has 0 aliphatic heterocycles. The second kappa shape index (κ2) is 8.59. The maximum Gasteiger partial charge on any atom is 0.253 e. The summed E-state index contributed by atoms with van der Waals surface area (Å²) in [7, 11) is 3.55. The third kappa shape index (κ3) is 4.90. The lowest BCUT2D eigenvalue weighted by Gasteiger charge is -2.18. The number of benzene rings is 2. The summed E-state index contributed by atoms with van der Waals surface area (Å²) in [6.45, 7) is 0.766. The maximum atomic E-state index is 12.8. The SMILES string of the molecule is CN(Cc1c(Cl)cnn1C)C(=O)c1cccc(COc2cccc(Br)c2)c1. The first kappa shape index (κ1) is 19.5. The van der Waals surface area contributed by atoms with Gasteiger partial charge in [-0.25, -0.2) is 0 Å². The number of carbonyl (C=O) groups is 1. The van der Waals surface area contributed by atoms with E-state index in [1.54, 1.807) is 35.9 Å². The summed E-state index contributed by atoms with van der Waals surface area (Å²) in [6.07, 6.45) is 1.58. The van der Waals surface area contributed by atoms with Crippen molar-refractivity contribution < 1.29 is 9.53 Å². The highest BCUT2D eigenvalue weighted by Crippen LogP contribution is 2.20. The van der Waals surface area contributed by atoms with E-state index >= 15 is 0 Å². The largest absolute Gasteiger partial charge is 0.489 e. The van der Waals surface area contributed by atoms with Crippen LogP contribution in [0.3, 0.4) is 0 Å². The molecule has 0 saturated carbocycles. The molecule has 0 unspecified atom stereocenters. The molecule has 0 spiro atoms. The molecule has 0 aliphatic carbocycles. The third-order valence-corrected chi connectivity index (χ3v) is 4.93. The first-order valence-electron chi connectivity index (χ1n) is 8.33. The molecule has 0 fully saturated rings. The number of hydrogen-bond acceptors (Lipinski definition) is 3. The molecular weight excluding hydrogens is 430 g/mol. The normalized spacial score (nSPS) is 10.7. The van der Waals surface area contributed by atoms with Crippen LogP contribution in [0.15, 0.2) is 59.2 Å². The fourth-order valence-corrected chi connectivity index (χ4v) is 3.25. The van der Waals surface area contributed by atoms with Crippen molar-refractivity contribution in [3.05, 3.63) is 81.0 Å². The van der Waals surface area contributed by atoms with Crippen molar-refractivity contribution in [1.82, 2.24) is 14.7 Å². The van der Waals surface area contributed by atoms with E-state index in [2.05, 4.69) is 21.0 Å². The van der Waals surface area contributed by atoms with Crippen LogP contribution in [0.2, 0.25) is 5.02 Å². The van der Waals surface area contributed by atoms with Crippen molar-refractivity contribution in [2.45, 2.75) is 13.2 Å². The lowest BCUT2D eigenvalue weighted by atomic mass is 10.1. The van der Waals surface area contributed by atoms with Crippen LogP contribution in [-0.2, 0) is 20.2 Å². The molecule has 3 rings (SSSR count). The van der Waals surface area contributed by atoms with E-state index in [1.165, 1.54) is 0 Å². The summed E-state index contributed by atoms with van der Waals surface area (Å²) in [6, 6.07) is 15.1. The number of halogens is 2. The Morgan fingerprint density at radius 2 is 2.04 bits per heavy atom. The van der Waals surface area contributed by atoms with E-state index in [-0.39, 0.29) is 5.91 Å². The maximum absolute atomic E-state index is 12.8. The van der Waals surface area contributed by atoms with Crippen molar-refractivity contribution in [3.8, 4) is 5.75 Å². The summed E-state index contributed by atoms with van der Waals surface area (Å²) in [5.41, 5.74) is 2.32. The van der Waals surface area contributed by atoms with Gasteiger partial charge in [0.1, 0.15) is 12.4 Å². The van der Waals surface area contributed by atoms with E-state index in [1.807, 2.05) is 42.5 Å². The number of amides is 1. The van der Waals surface area contributed by atoms with Gasteiger partial charge >= 0.3 is 0 Å². The minimum absolute atomic E-state index is 0.0865. The number of aryl methyl sites for hydroxylation is 1. The molecular formula is C20H19BrClN3O2. The smallest absolute Gasteiger partial charge is 0.253 e. The third-order valence-electron chi connectivity index (χ3n) is 4.12. The van der Waals surface area contributed by atoms with E-state index < -0.39 is 0 Å². The van der Waals surface area contributed by atoms with Crippen LogP contribution in [-0.4, -0.2) is 27.6 Å². The zero-order chi connectivity index (χ0) is 19.4. The Labute approximate surface area is 171 Å². The predicted octanol–water partition coefficient (Wildman–Crippen LogP) is 4.69. The predicted molar refractivity (Wildman–Crippen MR) is 109 cm³/mol. The molecule has 1 aromatic heterocycles. The average molecular weight is 449 g/mol. The molecule has 0 saturated heterocycles. The van der Waals surface area contributed by atoms with E-state index in [9.17, 15) is 4.79 Å². The van der Waals surface area contributed by atoms with Gasteiger partial charge in [0.25, 0.3) is 5.91 Å². The molecule has 5 nitrogen and oxygen atoms in total. The van der Waals surface area contributed by atoms with Crippen molar-refractivity contribution in [2.75, 3.05) is 7.05 Å². The first-order valence-corrected chi connectivity index (χ1v) is 9.50. The highest BCUT2D eigenvalue weighted by atomic mass is 79.9. The molecule has 2 aromatic carbocycles. The molecule has 27 heavy (non-hydrogen) atoms. The summed E-state index contributed by atoms with van der Waals surface area (Å²) in [5, 5.41) is 4.65. The molecule has 3 aromatic rings. The van der Waals surface area contributed by atoms with Crippen LogP contribution in [0, 0.1) is 0 Å². The Morgan fingerprint density at radius 1 is 1.26 bits per heavy atom. The molecule has 1 heterocycles. The zero-order valence-corrected chi connectivity index (χ0v) is 17.4. The summed E-state index contributed by atoms with van der Waals surface area (Å²) in [5.74, 6) is 0.681. The zero-order valence-electron chi connectivity index (χ0n) is 15.0. The van der Waals surface area contributed by atoms with E-state index in [4.69, 9.17) is 16.3 Å². The Balaban J connectivity index is 1.67. The quantitative estimate of drug-likeness (QED) is 0.550. The summed E-state index contributed by atoms with van der Waals surface area (Å²) < 4.78 is 8.43. The van der Waals surface area contributed by atoms with Crippen LogP contribution >= 0.6 is 27.5 Å². The number of ether oxygens (including phenoxy) is 1. The van der Waals surface area contributed by atoms with Gasteiger partial charge in [-0.05, 0) is 35.9 Å². The molecule has 1 amide bonds. The van der Waals surface area contributed by atoms with Crippen molar-refractivity contribution in [1.29, 1.82) is 0 Å². The molecule has 0 aliphatic rings. The van der Waals surface area contributed by atoms with Gasteiger partial charge in [0.2, 0.25) is 0 Å².